The Morgan fingerprint density at radius 3 is 3.06 bits per heavy atom. The summed E-state index contributed by atoms with van der Waals surface area (Å²) in [6.07, 6.45) is 3.00. The van der Waals surface area contributed by atoms with Crippen molar-refractivity contribution in [1.29, 1.82) is 0 Å². The molecule has 0 aromatic heterocycles. The Morgan fingerprint density at radius 1 is 1.31 bits per heavy atom. The van der Waals surface area contributed by atoms with Crippen molar-refractivity contribution in [3.63, 3.8) is 0 Å². The average Bonchev–Trinajstić information content (AvgIpc) is 2.52. The molecule has 1 saturated heterocycles. The topological polar surface area (TPSA) is 21.3 Å². The SMILES string of the molecule is Fc1ccc(Cl)c(NC2CCCOCC2)c1. The van der Waals surface area contributed by atoms with Crippen LogP contribution in [0.1, 0.15) is 19.3 Å². The second kappa shape index (κ2) is 5.51. The lowest BCUT2D eigenvalue weighted by atomic mass is 10.1. The maximum absolute atomic E-state index is 13.1. The molecule has 1 aromatic rings. The molecule has 0 bridgehead atoms. The van der Waals surface area contributed by atoms with Crippen molar-refractivity contribution in [2.24, 2.45) is 0 Å². The van der Waals surface area contributed by atoms with Crippen molar-refractivity contribution in [3.05, 3.63) is 29.0 Å². The Hall–Kier alpha value is -0.800. The first kappa shape index (κ1) is 11.7. The fourth-order valence-corrected chi connectivity index (χ4v) is 2.05. The molecule has 88 valence electrons. The number of hydrogen-bond acceptors (Lipinski definition) is 2. The van der Waals surface area contributed by atoms with E-state index in [1.165, 1.54) is 12.1 Å². The van der Waals surface area contributed by atoms with Gasteiger partial charge in [-0.2, -0.15) is 0 Å². The van der Waals surface area contributed by atoms with Crippen LogP contribution in [-0.2, 0) is 4.74 Å². The molecule has 1 N–H and O–H groups in total. The zero-order valence-electron chi connectivity index (χ0n) is 9.01. The highest BCUT2D eigenvalue weighted by Gasteiger charge is 2.13. The number of benzene rings is 1. The molecule has 2 nitrogen and oxygen atoms in total. The first-order valence-corrected chi connectivity index (χ1v) is 5.93. The second-order valence-electron chi connectivity index (χ2n) is 4.01. The maximum atomic E-state index is 13.1. The van der Waals surface area contributed by atoms with Gasteiger partial charge in [0.1, 0.15) is 5.82 Å². The minimum absolute atomic E-state index is 0.267. The number of hydrogen-bond donors (Lipinski definition) is 1. The molecule has 1 heterocycles. The summed E-state index contributed by atoms with van der Waals surface area (Å²) in [5, 5.41) is 3.84. The molecule has 0 amide bonds. The minimum atomic E-state index is -0.267. The van der Waals surface area contributed by atoms with Crippen molar-refractivity contribution in [2.45, 2.75) is 25.3 Å². The van der Waals surface area contributed by atoms with Gasteiger partial charge in [-0.3, -0.25) is 0 Å². The quantitative estimate of drug-likeness (QED) is 0.859. The van der Waals surface area contributed by atoms with Crippen LogP contribution in [0.3, 0.4) is 0 Å². The third kappa shape index (κ3) is 3.09. The number of ether oxygens (including phenoxy) is 1. The van der Waals surface area contributed by atoms with Gasteiger partial charge in [0.2, 0.25) is 0 Å². The monoisotopic (exact) mass is 243 g/mol. The lowest BCUT2D eigenvalue weighted by Gasteiger charge is -2.18. The predicted molar refractivity (Wildman–Crippen MR) is 63.5 cm³/mol. The van der Waals surface area contributed by atoms with Crippen LogP contribution in [0, 0.1) is 5.82 Å². The lowest BCUT2D eigenvalue weighted by Crippen LogP contribution is -2.19. The van der Waals surface area contributed by atoms with E-state index in [0.29, 0.717) is 16.8 Å². The van der Waals surface area contributed by atoms with Crippen LogP contribution in [0.4, 0.5) is 10.1 Å². The summed E-state index contributed by atoms with van der Waals surface area (Å²) in [6, 6.07) is 4.70. The van der Waals surface area contributed by atoms with E-state index in [9.17, 15) is 4.39 Å². The fraction of sp³-hybridized carbons (Fsp3) is 0.500. The van der Waals surface area contributed by atoms with Gasteiger partial charge in [-0.15, -0.1) is 0 Å². The van der Waals surface area contributed by atoms with E-state index in [-0.39, 0.29) is 5.82 Å². The zero-order valence-corrected chi connectivity index (χ0v) is 9.77. The minimum Gasteiger partial charge on any atom is -0.381 e. The number of anilines is 1. The van der Waals surface area contributed by atoms with Crippen LogP contribution in [-0.4, -0.2) is 19.3 Å². The molecule has 0 aliphatic carbocycles. The van der Waals surface area contributed by atoms with Crippen molar-refractivity contribution < 1.29 is 9.13 Å². The molecule has 0 saturated carbocycles. The van der Waals surface area contributed by atoms with Gasteiger partial charge in [0.25, 0.3) is 0 Å². The van der Waals surface area contributed by atoms with E-state index >= 15 is 0 Å². The first-order chi connectivity index (χ1) is 7.75. The molecular weight excluding hydrogens is 229 g/mol. The van der Waals surface area contributed by atoms with Crippen LogP contribution in [0.5, 0.6) is 0 Å². The Bertz CT molecular complexity index is 351. The normalized spacial score (nSPS) is 21.5. The largest absolute Gasteiger partial charge is 0.381 e. The van der Waals surface area contributed by atoms with Crippen LogP contribution in [0.25, 0.3) is 0 Å². The Labute approximate surface area is 99.7 Å². The van der Waals surface area contributed by atoms with Crippen LogP contribution in [0.2, 0.25) is 5.02 Å². The first-order valence-electron chi connectivity index (χ1n) is 5.55. The maximum Gasteiger partial charge on any atom is 0.125 e. The van der Waals surface area contributed by atoms with Gasteiger partial charge in [-0.1, -0.05) is 11.6 Å². The highest BCUT2D eigenvalue weighted by molar-refractivity contribution is 6.33. The van der Waals surface area contributed by atoms with Crippen LogP contribution in [0.15, 0.2) is 18.2 Å². The number of rotatable bonds is 2. The third-order valence-electron chi connectivity index (χ3n) is 2.74. The zero-order chi connectivity index (χ0) is 11.4. The standard InChI is InChI=1S/C12H15ClFNO/c13-11-4-3-9(14)8-12(11)15-10-2-1-6-16-7-5-10/h3-4,8,10,15H,1-2,5-7H2. The van der Waals surface area contributed by atoms with Crippen LogP contribution < -0.4 is 5.32 Å². The predicted octanol–water partition coefficient (Wildman–Crippen LogP) is 3.46. The summed E-state index contributed by atoms with van der Waals surface area (Å²) in [7, 11) is 0. The van der Waals surface area contributed by atoms with E-state index in [1.54, 1.807) is 6.07 Å². The van der Waals surface area contributed by atoms with Gasteiger partial charge in [0, 0.05) is 19.3 Å². The van der Waals surface area contributed by atoms with Crippen molar-refractivity contribution in [1.82, 2.24) is 0 Å². The molecule has 1 fully saturated rings. The molecule has 1 unspecified atom stereocenters. The molecule has 16 heavy (non-hydrogen) atoms. The van der Waals surface area contributed by atoms with Crippen molar-refractivity contribution in [3.8, 4) is 0 Å². The number of halogens is 2. The van der Waals surface area contributed by atoms with Gasteiger partial charge in [0.05, 0.1) is 10.7 Å². The molecule has 1 aromatic carbocycles. The van der Waals surface area contributed by atoms with Gasteiger partial charge in [-0.25, -0.2) is 4.39 Å². The van der Waals surface area contributed by atoms with Gasteiger partial charge >= 0.3 is 0 Å². The number of nitrogens with one attached hydrogen (secondary N) is 1. The molecule has 2 rings (SSSR count). The second-order valence-corrected chi connectivity index (χ2v) is 4.42. The van der Waals surface area contributed by atoms with Crippen molar-refractivity contribution in [2.75, 3.05) is 18.5 Å². The van der Waals surface area contributed by atoms with Gasteiger partial charge in [0.15, 0.2) is 0 Å². The highest BCUT2D eigenvalue weighted by Crippen LogP contribution is 2.25. The Kier molecular flexibility index (Phi) is 4.02. The summed E-state index contributed by atoms with van der Waals surface area (Å²) in [5.74, 6) is -0.267. The van der Waals surface area contributed by atoms with E-state index < -0.39 is 0 Å². The summed E-state index contributed by atoms with van der Waals surface area (Å²) in [6.45, 7) is 1.57. The highest BCUT2D eigenvalue weighted by atomic mass is 35.5. The van der Waals surface area contributed by atoms with Crippen LogP contribution >= 0.6 is 11.6 Å². The van der Waals surface area contributed by atoms with E-state index in [0.717, 1.165) is 32.5 Å². The van der Waals surface area contributed by atoms with E-state index in [4.69, 9.17) is 16.3 Å². The third-order valence-corrected chi connectivity index (χ3v) is 3.07. The summed E-state index contributed by atoms with van der Waals surface area (Å²) in [5.41, 5.74) is 0.675. The molecule has 1 atom stereocenters. The van der Waals surface area contributed by atoms with E-state index in [2.05, 4.69) is 5.32 Å². The molecule has 4 heteroatoms. The Morgan fingerprint density at radius 2 is 2.19 bits per heavy atom. The van der Waals surface area contributed by atoms with E-state index in [1.807, 2.05) is 0 Å². The van der Waals surface area contributed by atoms with Crippen molar-refractivity contribution >= 4 is 17.3 Å². The smallest absolute Gasteiger partial charge is 0.125 e. The average molecular weight is 244 g/mol. The van der Waals surface area contributed by atoms with Gasteiger partial charge in [-0.05, 0) is 37.5 Å². The molecular formula is C12H15ClFNO. The lowest BCUT2D eigenvalue weighted by molar-refractivity contribution is 0.144. The summed E-state index contributed by atoms with van der Waals surface area (Å²) < 4.78 is 18.4. The Balaban J connectivity index is 2.04. The van der Waals surface area contributed by atoms with Gasteiger partial charge < -0.3 is 10.1 Å². The summed E-state index contributed by atoms with van der Waals surface area (Å²) in [4.78, 5) is 0. The molecule has 1 aliphatic heterocycles. The molecule has 0 radical (unpaired) electrons. The molecule has 0 spiro atoms. The fourth-order valence-electron chi connectivity index (χ4n) is 1.88. The molecule has 1 aliphatic rings. The summed E-state index contributed by atoms with van der Waals surface area (Å²) >= 11 is 6.00.